The number of carbonyl (C=O) groups excluding carboxylic acids is 2. The number of urea groups is 1. The van der Waals surface area contributed by atoms with E-state index in [9.17, 15) is 22.8 Å². The molecule has 2 saturated heterocycles. The lowest BCUT2D eigenvalue weighted by molar-refractivity contribution is -0.137. The van der Waals surface area contributed by atoms with E-state index >= 15 is 0 Å². The zero-order chi connectivity index (χ0) is 19.1. The molecular weight excluding hydrogens is 351 g/mol. The van der Waals surface area contributed by atoms with Gasteiger partial charge >= 0.3 is 12.2 Å². The molecule has 3 amide bonds. The van der Waals surface area contributed by atoms with Gasteiger partial charge < -0.3 is 9.64 Å². The largest absolute Gasteiger partial charge is 0.417 e. The lowest BCUT2D eigenvalue weighted by atomic mass is 9.88. The number of rotatable bonds is 2. The van der Waals surface area contributed by atoms with E-state index in [0.29, 0.717) is 32.1 Å². The number of ether oxygens (including phenoxy) is 1. The summed E-state index contributed by atoms with van der Waals surface area (Å²) in [6.45, 7) is 2.56. The molecule has 6 nitrogen and oxygen atoms in total. The average Bonchev–Trinajstić information content (AvgIpc) is 2.81. The Morgan fingerprint density at radius 2 is 1.92 bits per heavy atom. The van der Waals surface area contributed by atoms with Gasteiger partial charge in [0.25, 0.3) is 5.91 Å². The molecule has 1 spiro atoms. The number of halogens is 3. The maximum Gasteiger partial charge on any atom is 0.417 e. The molecule has 138 valence electrons. The minimum Gasteiger partial charge on any atom is -0.381 e. The zero-order valence-electron chi connectivity index (χ0n) is 14.0. The van der Waals surface area contributed by atoms with Crippen LogP contribution in [-0.4, -0.2) is 42.1 Å². The minimum absolute atomic E-state index is 0.187. The van der Waals surface area contributed by atoms with Crippen LogP contribution in [0.3, 0.4) is 0 Å². The van der Waals surface area contributed by atoms with Gasteiger partial charge in [0.05, 0.1) is 22.9 Å². The molecule has 0 unspecified atom stereocenters. The van der Waals surface area contributed by atoms with E-state index in [1.54, 1.807) is 6.92 Å². The van der Waals surface area contributed by atoms with Crippen molar-refractivity contribution < 1.29 is 27.5 Å². The Balaban J connectivity index is 2.08. The molecule has 0 atom stereocenters. The highest BCUT2D eigenvalue weighted by atomic mass is 19.4. The van der Waals surface area contributed by atoms with Gasteiger partial charge in [-0.25, -0.2) is 9.69 Å². The van der Waals surface area contributed by atoms with E-state index in [1.165, 1.54) is 17.0 Å². The monoisotopic (exact) mass is 367 g/mol. The number of anilines is 1. The highest BCUT2D eigenvalue weighted by molar-refractivity contribution is 6.23. The van der Waals surface area contributed by atoms with Crippen molar-refractivity contribution in [1.29, 1.82) is 5.26 Å². The molecule has 0 aromatic heterocycles. The number of hydrogen-bond donors (Lipinski definition) is 0. The number of alkyl halides is 3. The van der Waals surface area contributed by atoms with Gasteiger partial charge in [0.1, 0.15) is 5.54 Å². The van der Waals surface area contributed by atoms with Crippen molar-refractivity contribution in [3.05, 3.63) is 29.3 Å². The Bertz CT molecular complexity index is 795. The molecule has 3 rings (SSSR count). The van der Waals surface area contributed by atoms with Crippen LogP contribution in [0, 0.1) is 11.3 Å². The fourth-order valence-corrected chi connectivity index (χ4v) is 3.58. The van der Waals surface area contributed by atoms with Gasteiger partial charge in [0.2, 0.25) is 0 Å². The third-order valence-electron chi connectivity index (χ3n) is 4.86. The fraction of sp³-hybridized carbons (Fsp3) is 0.471. The number of nitriles is 1. The third-order valence-corrected chi connectivity index (χ3v) is 4.86. The Hall–Kier alpha value is -2.60. The number of nitrogens with zero attached hydrogens (tertiary/aromatic N) is 3. The number of imide groups is 1. The fourth-order valence-electron chi connectivity index (χ4n) is 3.58. The van der Waals surface area contributed by atoms with E-state index in [1.807, 2.05) is 0 Å². The Morgan fingerprint density at radius 1 is 1.27 bits per heavy atom. The molecule has 26 heavy (non-hydrogen) atoms. The van der Waals surface area contributed by atoms with Crippen molar-refractivity contribution in [3.8, 4) is 6.07 Å². The van der Waals surface area contributed by atoms with Gasteiger partial charge in [-0.15, -0.1) is 0 Å². The number of likely N-dealkylation sites (N-methyl/N-ethyl adjacent to an activating group) is 1. The van der Waals surface area contributed by atoms with Gasteiger partial charge in [-0.1, -0.05) is 0 Å². The number of amides is 3. The molecule has 0 radical (unpaired) electrons. The van der Waals surface area contributed by atoms with Crippen LogP contribution >= 0.6 is 0 Å². The maximum atomic E-state index is 13.2. The second-order valence-corrected chi connectivity index (χ2v) is 6.15. The zero-order valence-corrected chi connectivity index (χ0v) is 14.0. The first-order valence-corrected chi connectivity index (χ1v) is 8.11. The van der Waals surface area contributed by atoms with Crippen LogP contribution in [0.5, 0.6) is 0 Å². The van der Waals surface area contributed by atoms with Crippen LogP contribution in [0.2, 0.25) is 0 Å². The highest BCUT2D eigenvalue weighted by Gasteiger charge is 2.57. The second kappa shape index (κ2) is 6.29. The Labute approximate surface area is 147 Å². The van der Waals surface area contributed by atoms with Crippen LogP contribution in [0.25, 0.3) is 0 Å². The van der Waals surface area contributed by atoms with E-state index in [-0.39, 0.29) is 12.2 Å². The molecule has 2 aliphatic heterocycles. The van der Waals surface area contributed by atoms with Crippen LogP contribution in [-0.2, 0) is 15.7 Å². The average molecular weight is 367 g/mol. The predicted octanol–water partition coefficient (Wildman–Crippen LogP) is 2.91. The standard InChI is InChI=1S/C17H16F3N3O3/c1-2-22-15(25)23(14(24)16(22)5-7-26-8-6-16)12-4-3-11(10-21)13(9-12)17(18,19)20/h3-4,9H,2,5-8H2,1H3. The summed E-state index contributed by atoms with van der Waals surface area (Å²) in [4.78, 5) is 28.0. The first-order chi connectivity index (χ1) is 12.3. The van der Waals surface area contributed by atoms with Gasteiger partial charge in [0.15, 0.2) is 0 Å². The van der Waals surface area contributed by atoms with Crippen molar-refractivity contribution in [3.63, 3.8) is 0 Å². The molecule has 0 saturated carbocycles. The summed E-state index contributed by atoms with van der Waals surface area (Å²) >= 11 is 0. The molecule has 1 aromatic rings. The highest BCUT2D eigenvalue weighted by Crippen LogP contribution is 2.41. The first kappa shape index (κ1) is 18.2. The van der Waals surface area contributed by atoms with Crippen LogP contribution in [0.4, 0.5) is 23.7 Å². The summed E-state index contributed by atoms with van der Waals surface area (Å²) in [6.07, 6.45) is -4.18. The van der Waals surface area contributed by atoms with E-state index in [4.69, 9.17) is 10.00 Å². The topological polar surface area (TPSA) is 73.6 Å². The van der Waals surface area contributed by atoms with Crippen LogP contribution in [0.15, 0.2) is 18.2 Å². The second-order valence-electron chi connectivity index (χ2n) is 6.15. The molecule has 2 aliphatic rings. The lowest BCUT2D eigenvalue weighted by Gasteiger charge is -2.37. The SMILES string of the molecule is CCN1C(=O)N(c2ccc(C#N)c(C(F)(F)F)c2)C(=O)C12CCOCC2. The lowest BCUT2D eigenvalue weighted by Crippen LogP contribution is -2.53. The van der Waals surface area contributed by atoms with Crippen molar-refractivity contribution in [2.45, 2.75) is 31.5 Å². The van der Waals surface area contributed by atoms with Crippen molar-refractivity contribution in [1.82, 2.24) is 4.90 Å². The molecule has 0 N–H and O–H groups in total. The first-order valence-electron chi connectivity index (χ1n) is 8.11. The molecule has 9 heteroatoms. The molecule has 1 aromatic carbocycles. The Kier molecular flexibility index (Phi) is 4.40. The summed E-state index contributed by atoms with van der Waals surface area (Å²) in [7, 11) is 0. The van der Waals surface area contributed by atoms with Gasteiger partial charge in [0, 0.05) is 32.6 Å². The summed E-state index contributed by atoms with van der Waals surface area (Å²) in [5, 5.41) is 8.90. The quantitative estimate of drug-likeness (QED) is 0.754. The van der Waals surface area contributed by atoms with Crippen molar-refractivity contribution in [2.24, 2.45) is 0 Å². The summed E-state index contributed by atoms with van der Waals surface area (Å²) < 4.78 is 44.9. The van der Waals surface area contributed by atoms with Gasteiger partial charge in [-0.2, -0.15) is 18.4 Å². The maximum absolute atomic E-state index is 13.2. The van der Waals surface area contributed by atoms with Crippen LogP contribution < -0.4 is 4.90 Å². The van der Waals surface area contributed by atoms with E-state index < -0.39 is 34.8 Å². The molecule has 0 aliphatic carbocycles. The predicted molar refractivity (Wildman–Crippen MR) is 84.2 cm³/mol. The summed E-state index contributed by atoms with van der Waals surface area (Å²) in [5.41, 5.74) is -3.01. The van der Waals surface area contributed by atoms with Gasteiger partial charge in [-0.3, -0.25) is 4.79 Å². The number of benzene rings is 1. The summed E-state index contributed by atoms with van der Waals surface area (Å²) in [6, 6.07) is 3.68. The van der Waals surface area contributed by atoms with E-state index in [2.05, 4.69) is 0 Å². The molecule has 2 heterocycles. The van der Waals surface area contributed by atoms with Crippen molar-refractivity contribution >= 4 is 17.6 Å². The van der Waals surface area contributed by atoms with Crippen LogP contribution in [0.1, 0.15) is 30.9 Å². The number of carbonyl (C=O) groups is 2. The summed E-state index contributed by atoms with van der Waals surface area (Å²) in [5.74, 6) is -0.550. The molecule has 0 bridgehead atoms. The van der Waals surface area contributed by atoms with Gasteiger partial charge in [-0.05, 0) is 25.1 Å². The normalized spacial score (nSPS) is 20.0. The Morgan fingerprint density at radius 3 is 2.46 bits per heavy atom. The minimum atomic E-state index is -4.77. The van der Waals surface area contributed by atoms with Crippen molar-refractivity contribution in [2.75, 3.05) is 24.7 Å². The molecular formula is C17H16F3N3O3. The smallest absolute Gasteiger partial charge is 0.381 e. The van der Waals surface area contributed by atoms with E-state index in [0.717, 1.165) is 11.0 Å². The third kappa shape index (κ3) is 2.61. The molecule has 2 fully saturated rings. The number of hydrogen-bond acceptors (Lipinski definition) is 4.